The molecule has 0 heterocycles. The maximum absolute atomic E-state index is 5.84. The number of hydrogen-bond acceptors (Lipinski definition) is 3. The third-order valence-corrected chi connectivity index (χ3v) is 6.53. The van der Waals surface area contributed by atoms with Crippen LogP contribution in [0.15, 0.2) is 0 Å². The van der Waals surface area contributed by atoms with E-state index in [0.29, 0.717) is 6.04 Å². The van der Waals surface area contributed by atoms with Crippen molar-refractivity contribution in [1.29, 1.82) is 0 Å². The van der Waals surface area contributed by atoms with Gasteiger partial charge >= 0.3 is 0 Å². The maximum Gasteiger partial charge on any atom is 0.0332 e. The van der Waals surface area contributed by atoms with Crippen molar-refractivity contribution in [3.05, 3.63) is 0 Å². The number of nitrogens with two attached hydrogens (primary N) is 1. The summed E-state index contributed by atoms with van der Waals surface area (Å²) in [6.07, 6.45) is 12.7. The van der Waals surface area contributed by atoms with Gasteiger partial charge in [0.2, 0.25) is 0 Å². The molecule has 2 aliphatic rings. The third kappa shape index (κ3) is 3.88. The highest BCUT2D eigenvalue weighted by atomic mass is 32.2. The van der Waals surface area contributed by atoms with E-state index in [9.17, 15) is 0 Å². The van der Waals surface area contributed by atoms with Crippen LogP contribution < -0.4 is 11.3 Å². The van der Waals surface area contributed by atoms with Crippen LogP contribution in [0.2, 0.25) is 0 Å². The van der Waals surface area contributed by atoms with Gasteiger partial charge in [-0.1, -0.05) is 45.4 Å². The summed E-state index contributed by atoms with van der Waals surface area (Å²) < 4.78 is 0. The van der Waals surface area contributed by atoms with Crippen molar-refractivity contribution < 1.29 is 0 Å². The number of thioether (sulfide) groups is 1. The van der Waals surface area contributed by atoms with Crippen LogP contribution in [-0.2, 0) is 0 Å². The zero-order valence-corrected chi connectivity index (χ0v) is 12.7. The van der Waals surface area contributed by atoms with E-state index in [2.05, 4.69) is 24.1 Å². The lowest BCUT2D eigenvalue weighted by Gasteiger charge is -2.36. The van der Waals surface area contributed by atoms with Crippen molar-refractivity contribution in [3.63, 3.8) is 0 Å². The molecule has 3 N–H and O–H groups in total. The minimum absolute atomic E-state index is 0.542. The second kappa shape index (κ2) is 7.76. The van der Waals surface area contributed by atoms with E-state index in [1.807, 2.05) is 0 Å². The fraction of sp³-hybridized carbons (Fsp3) is 1.00. The van der Waals surface area contributed by atoms with E-state index in [0.717, 1.165) is 17.1 Å². The summed E-state index contributed by atoms with van der Waals surface area (Å²) in [4.78, 5) is 0. The number of hydrogen-bond donors (Lipinski definition) is 2. The number of nitrogens with one attached hydrogen (secondary N) is 1. The molecule has 2 fully saturated rings. The number of rotatable bonds is 6. The lowest BCUT2D eigenvalue weighted by atomic mass is 9.74. The smallest absolute Gasteiger partial charge is 0.0332 e. The molecular formula is C15H30N2S. The van der Waals surface area contributed by atoms with Crippen LogP contribution in [0.3, 0.4) is 0 Å². The Kier molecular flexibility index (Phi) is 6.33. The molecule has 3 atom stereocenters. The Hall–Kier alpha value is 0.270. The van der Waals surface area contributed by atoms with Gasteiger partial charge in [0.1, 0.15) is 0 Å². The molecule has 0 aromatic heterocycles. The van der Waals surface area contributed by atoms with Gasteiger partial charge in [-0.3, -0.25) is 11.3 Å². The van der Waals surface area contributed by atoms with Crippen LogP contribution in [0.4, 0.5) is 0 Å². The zero-order valence-electron chi connectivity index (χ0n) is 11.9. The Morgan fingerprint density at radius 1 is 1.11 bits per heavy atom. The minimum Gasteiger partial charge on any atom is -0.271 e. The lowest BCUT2D eigenvalue weighted by molar-refractivity contribution is 0.186. The molecule has 0 bridgehead atoms. The molecule has 2 aliphatic carbocycles. The molecule has 0 saturated heterocycles. The predicted octanol–water partition coefficient (Wildman–Crippen LogP) is 3.71. The number of hydrazine groups is 1. The second-order valence-corrected chi connectivity index (χ2v) is 7.46. The highest BCUT2D eigenvalue weighted by Gasteiger charge is 2.30. The summed E-state index contributed by atoms with van der Waals surface area (Å²) in [5.41, 5.74) is 3.14. The van der Waals surface area contributed by atoms with Gasteiger partial charge in [-0.05, 0) is 31.1 Å². The van der Waals surface area contributed by atoms with Gasteiger partial charge in [0.25, 0.3) is 0 Å². The van der Waals surface area contributed by atoms with Crippen molar-refractivity contribution in [2.24, 2.45) is 17.7 Å². The molecular weight excluding hydrogens is 240 g/mol. The molecule has 2 saturated carbocycles. The van der Waals surface area contributed by atoms with Gasteiger partial charge in [0, 0.05) is 17.0 Å². The van der Waals surface area contributed by atoms with Crippen molar-refractivity contribution >= 4 is 11.8 Å². The molecule has 3 heteroatoms. The van der Waals surface area contributed by atoms with E-state index < -0.39 is 0 Å². The Labute approximate surface area is 117 Å². The van der Waals surface area contributed by atoms with Crippen molar-refractivity contribution in [2.45, 2.75) is 76.0 Å². The van der Waals surface area contributed by atoms with E-state index in [-0.39, 0.29) is 0 Å². The first kappa shape index (κ1) is 14.7. The Bertz CT molecular complexity index is 229. The topological polar surface area (TPSA) is 38.0 Å². The average Bonchev–Trinajstić information content (AvgIpc) is 2.93. The third-order valence-electron chi connectivity index (χ3n) is 5.04. The van der Waals surface area contributed by atoms with Crippen molar-refractivity contribution in [3.8, 4) is 0 Å². The van der Waals surface area contributed by atoms with E-state index in [4.69, 9.17) is 5.84 Å². The highest BCUT2D eigenvalue weighted by molar-refractivity contribution is 7.99. The van der Waals surface area contributed by atoms with Gasteiger partial charge in [0.15, 0.2) is 0 Å². The van der Waals surface area contributed by atoms with E-state index >= 15 is 0 Å². The molecule has 0 aromatic carbocycles. The summed E-state index contributed by atoms with van der Waals surface area (Å²) in [5.74, 6) is 8.79. The van der Waals surface area contributed by atoms with Gasteiger partial charge < -0.3 is 0 Å². The fourth-order valence-corrected chi connectivity index (χ4v) is 5.35. The van der Waals surface area contributed by atoms with Crippen LogP contribution >= 0.6 is 11.8 Å². The van der Waals surface area contributed by atoms with Crippen LogP contribution in [0.5, 0.6) is 0 Å². The highest BCUT2D eigenvalue weighted by Crippen LogP contribution is 2.37. The van der Waals surface area contributed by atoms with Gasteiger partial charge in [-0.2, -0.15) is 11.8 Å². The molecule has 106 valence electrons. The first-order valence-corrected chi connectivity index (χ1v) is 8.97. The Morgan fingerprint density at radius 3 is 2.44 bits per heavy atom. The molecule has 0 aliphatic heterocycles. The normalized spacial score (nSPS) is 31.7. The molecule has 2 rings (SSSR count). The molecule has 2 nitrogen and oxygen atoms in total. The van der Waals surface area contributed by atoms with E-state index in [1.54, 1.807) is 0 Å². The van der Waals surface area contributed by atoms with Gasteiger partial charge in [0.05, 0.1) is 0 Å². The average molecular weight is 270 g/mol. The SMILES string of the molecule is CCC1CCCCC1C(CSC1CCCC1)NN. The second-order valence-electron chi connectivity index (χ2n) is 6.13. The molecule has 0 spiro atoms. The summed E-state index contributed by atoms with van der Waals surface area (Å²) in [6.45, 7) is 2.35. The Balaban J connectivity index is 1.81. The first-order valence-electron chi connectivity index (χ1n) is 7.92. The summed E-state index contributed by atoms with van der Waals surface area (Å²) in [6, 6.07) is 0.542. The lowest BCUT2D eigenvalue weighted by Crippen LogP contribution is -2.46. The first-order chi connectivity index (χ1) is 8.85. The quantitative estimate of drug-likeness (QED) is 0.571. The molecule has 3 unspecified atom stereocenters. The van der Waals surface area contributed by atoms with Crippen molar-refractivity contribution in [2.75, 3.05) is 5.75 Å². The molecule has 0 radical (unpaired) electrons. The van der Waals surface area contributed by atoms with Crippen LogP contribution in [0.25, 0.3) is 0 Å². The molecule has 18 heavy (non-hydrogen) atoms. The summed E-state index contributed by atoms with van der Waals surface area (Å²) in [5, 5.41) is 0.921. The fourth-order valence-electron chi connectivity index (χ4n) is 3.86. The van der Waals surface area contributed by atoms with Crippen LogP contribution in [0, 0.1) is 11.8 Å². The van der Waals surface area contributed by atoms with Crippen LogP contribution in [0.1, 0.15) is 64.7 Å². The predicted molar refractivity (Wildman–Crippen MR) is 81.6 cm³/mol. The summed E-state index contributed by atoms with van der Waals surface area (Å²) in [7, 11) is 0. The summed E-state index contributed by atoms with van der Waals surface area (Å²) >= 11 is 2.18. The monoisotopic (exact) mass is 270 g/mol. The largest absolute Gasteiger partial charge is 0.271 e. The van der Waals surface area contributed by atoms with E-state index in [1.165, 1.54) is 63.5 Å². The standard InChI is InChI=1S/C15H30N2S/c1-2-12-7-3-6-10-14(12)15(17-16)11-18-13-8-4-5-9-13/h12-15,17H,2-11,16H2,1H3. The van der Waals surface area contributed by atoms with Gasteiger partial charge in [-0.25, -0.2) is 0 Å². The molecule has 0 aromatic rings. The Morgan fingerprint density at radius 2 is 1.78 bits per heavy atom. The van der Waals surface area contributed by atoms with Crippen LogP contribution in [-0.4, -0.2) is 17.0 Å². The maximum atomic E-state index is 5.84. The molecule has 0 amide bonds. The van der Waals surface area contributed by atoms with Crippen molar-refractivity contribution in [1.82, 2.24) is 5.43 Å². The zero-order chi connectivity index (χ0) is 12.8. The minimum atomic E-state index is 0.542. The van der Waals surface area contributed by atoms with Gasteiger partial charge in [-0.15, -0.1) is 0 Å².